The number of hydrogen-bond acceptors (Lipinski definition) is 3. The lowest BCUT2D eigenvalue weighted by molar-refractivity contribution is -0.149. The van der Waals surface area contributed by atoms with Crippen LogP contribution in [-0.2, 0) is 14.3 Å². The number of hydrogen-bond donors (Lipinski definition) is 0. The summed E-state index contributed by atoms with van der Waals surface area (Å²) in [4.78, 5) is 11.4. The Balaban J connectivity index is 1.94. The van der Waals surface area contributed by atoms with Gasteiger partial charge in [-0.25, -0.2) is 0 Å². The number of rotatable bonds is 1. The molecule has 14 heavy (non-hydrogen) atoms. The summed E-state index contributed by atoms with van der Waals surface area (Å²) < 4.78 is 11.1. The van der Waals surface area contributed by atoms with Crippen LogP contribution >= 0.6 is 0 Å². The van der Waals surface area contributed by atoms with Gasteiger partial charge in [0.25, 0.3) is 0 Å². The first kappa shape index (κ1) is 10.1. The maximum atomic E-state index is 11.4. The van der Waals surface area contributed by atoms with E-state index in [0.29, 0.717) is 31.3 Å². The van der Waals surface area contributed by atoms with E-state index < -0.39 is 0 Å². The zero-order valence-electron chi connectivity index (χ0n) is 8.75. The predicted molar refractivity (Wildman–Crippen MR) is 52.2 cm³/mol. The molecule has 1 saturated carbocycles. The van der Waals surface area contributed by atoms with Crippen molar-refractivity contribution in [1.29, 1.82) is 0 Å². The minimum absolute atomic E-state index is 0.121. The first-order chi connectivity index (χ1) is 6.74. The van der Waals surface area contributed by atoms with E-state index in [-0.39, 0.29) is 5.60 Å². The summed E-state index contributed by atoms with van der Waals surface area (Å²) in [6, 6.07) is 0. The lowest BCUT2D eigenvalue weighted by Crippen LogP contribution is -2.44. The van der Waals surface area contributed by atoms with Crippen LogP contribution in [0.1, 0.15) is 38.5 Å². The Bertz CT molecular complexity index is 217. The van der Waals surface area contributed by atoms with E-state index in [1.165, 1.54) is 0 Å². The van der Waals surface area contributed by atoms with Crippen molar-refractivity contribution in [3.8, 4) is 0 Å². The standard InChI is InChI=1S/C11H18O3/c1-13-10-2-5-11(6-3-10)8-9(12)4-7-14-11/h10H,2-8H2,1H3. The summed E-state index contributed by atoms with van der Waals surface area (Å²) in [6.07, 6.45) is 5.64. The van der Waals surface area contributed by atoms with Crippen molar-refractivity contribution < 1.29 is 14.3 Å². The minimum atomic E-state index is -0.121. The molecule has 1 aliphatic carbocycles. The Morgan fingerprint density at radius 1 is 1.43 bits per heavy atom. The molecule has 1 heterocycles. The highest BCUT2D eigenvalue weighted by atomic mass is 16.5. The monoisotopic (exact) mass is 198 g/mol. The Hall–Kier alpha value is -0.410. The molecule has 0 aromatic carbocycles. The van der Waals surface area contributed by atoms with E-state index in [4.69, 9.17) is 9.47 Å². The largest absolute Gasteiger partial charge is 0.381 e. The number of ether oxygens (including phenoxy) is 2. The summed E-state index contributed by atoms with van der Waals surface area (Å²) in [7, 11) is 1.76. The lowest BCUT2D eigenvalue weighted by atomic mass is 9.78. The van der Waals surface area contributed by atoms with Gasteiger partial charge < -0.3 is 9.47 Å². The minimum Gasteiger partial charge on any atom is -0.381 e. The maximum absolute atomic E-state index is 11.4. The van der Waals surface area contributed by atoms with Crippen LogP contribution in [0.4, 0.5) is 0 Å². The lowest BCUT2D eigenvalue weighted by Gasteiger charge is -2.41. The molecule has 0 radical (unpaired) electrons. The molecule has 1 saturated heterocycles. The van der Waals surface area contributed by atoms with Crippen LogP contribution in [0.2, 0.25) is 0 Å². The molecular formula is C11H18O3. The molecule has 0 unspecified atom stereocenters. The molecule has 0 aromatic rings. The van der Waals surface area contributed by atoms with Gasteiger partial charge in [-0.2, -0.15) is 0 Å². The average molecular weight is 198 g/mol. The van der Waals surface area contributed by atoms with Crippen molar-refractivity contribution >= 4 is 5.78 Å². The van der Waals surface area contributed by atoms with E-state index in [1.54, 1.807) is 7.11 Å². The smallest absolute Gasteiger partial charge is 0.138 e. The fourth-order valence-corrected chi connectivity index (χ4v) is 2.55. The number of carbonyl (C=O) groups excluding carboxylic acids is 1. The van der Waals surface area contributed by atoms with Gasteiger partial charge in [0.05, 0.1) is 18.3 Å². The van der Waals surface area contributed by atoms with Gasteiger partial charge >= 0.3 is 0 Å². The highest BCUT2D eigenvalue weighted by Crippen LogP contribution is 2.38. The molecule has 0 amide bonds. The Labute approximate surface area is 84.8 Å². The van der Waals surface area contributed by atoms with Crippen LogP contribution in [0.5, 0.6) is 0 Å². The van der Waals surface area contributed by atoms with E-state index in [0.717, 1.165) is 25.7 Å². The quantitative estimate of drug-likeness (QED) is 0.643. The molecule has 2 fully saturated rings. The fraction of sp³-hybridized carbons (Fsp3) is 0.909. The topological polar surface area (TPSA) is 35.5 Å². The third kappa shape index (κ3) is 1.98. The molecule has 80 valence electrons. The second-order valence-corrected chi connectivity index (χ2v) is 4.43. The molecule has 2 aliphatic rings. The molecule has 1 aliphatic heterocycles. The van der Waals surface area contributed by atoms with Gasteiger partial charge in [0, 0.05) is 20.0 Å². The summed E-state index contributed by atoms with van der Waals surface area (Å²) in [6.45, 7) is 0.622. The summed E-state index contributed by atoms with van der Waals surface area (Å²) in [5.41, 5.74) is -0.121. The Kier molecular flexibility index (Phi) is 2.88. The maximum Gasteiger partial charge on any atom is 0.138 e. The van der Waals surface area contributed by atoms with E-state index in [2.05, 4.69) is 0 Å². The molecule has 2 rings (SSSR count). The Morgan fingerprint density at radius 3 is 2.71 bits per heavy atom. The van der Waals surface area contributed by atoms with Crippen LogP contribution in [0.15, 0.2) is 0 Å². The zero-order valence-corrected chi connectivity index (χ0v) is 8.75. The highest BCUT2D eigenvalue weighted by Gasteiger charge is 2.40. The number of Topliss-reactive ketones (excluding diaryl/α,β-unsaturated/α-hetero) is 1. The zero-order chi connectivity index (χ0) is 10.0. The predicted octanol–water partition coefficient (Wildman–Crippen LogP) is 1.69. The first-order valence-corrected chi connectivity index (χ1v) is 5.43. The molecule has 0 aromatic heterocycles. The summed E-state index contributed by atoms with van der Waals surface area (Å²) >= 11 is 0. The average Bonchev–Trinajstić information content (AvgIpc) is 2.19. The third-order valence-corrected chi connectivity index (χ3v) is 3.49. The second kappa shape index (κ2) is 3.99. The number of carbonyl (C=O) groups is 1. The number of ketones is 1. The van der Waals surface area contributed by atoms with Crippen LogP contribution in [-0.4, -0.2) is 31.2 Å². The molecule has 0 bridgehead atoms. The van der Waals surface area contributed by atoms with Gasteiger partial charge in [0.2, 0.25) is 0 Å². The van der Waals surface area contributed by atoms with Crippen molar-refractivity contribution in [1.82, 2.24) is 0 Å². The number of methoxy groups -OCH3 is 1. The van der Waals surface area contributed by atoms with Gasteiger partial charge in [0.1, 0.15) is 5.78 Å². The van der Waals surface area contributed by atoms with Gasteiger partial charge in [-0.1, -0.05) is 0 Å². The summed E-state index contributed by atoms with van der Waals surface area (Å²) in [5, 5.41) is 0. The molecule has 3 nitrogen and oxygen atoms in total. The van der Waals surface area contributed by atoms with E-state index in [1.807, 2.05) is 0 Å². The summed E-state index contributed by atoms with van der Waals surface area (Å²) in [5.74, 6) is 0.368. The fourth-order valence-electron chi connectivity index (χ4n) is 2.55. The van der Waals surface area contributed by atoms with Crippen LogP contribution in [0.25, 0.3) is 0 Å². The van der Waals surface area contributed by atoms with Gasteiger partial charge in [0.15, 0.2) is 0 Å². The van der Waals surface area contributed by atoms with Crippen molar-refractivity contribution in [3.63, 3.8) is 0 Å². The molecule has 3 heteroatoms. The van der Waals surface area contributed by atoms with Crippen molar-refractivity contribution in [3.05, 3.63) is 0 Å². The van der Waals surface area contributed by atoms with Crippen LogP contribution < -0.4 is 0 Å². The SMILES string of the molecule is COC1CCC2(CC1)CC(=O)CCO2. The normalized spacial score (nSPS) is 38.9. The Morgan fingerprint density at radius 2 is 2.14 bits per heavy atom. The second-order valence-electron chi connectivity index (χ2n) is 4.43. The van der Waals surface area contributed by atoms with Crippen molar-refractivity contribution in [2.24, 2.45) is 0 Å². The first-order valence-electron chi connectivity index (χ1n) is 5.43. The van der Waals surface area contributed by atoms with Gasteiger partial charge in [-0.05, 0) is 25.7 Å². The van der Waals surface area contributed by atoms with Crippen LogP contribution in [0, 0.1) is 0 Å². The van der Waals surface area contributed by atoms with Crippen LogP contribution in [0.3, 0.4) is 0 Å². The molecule has 0 N–H and O–H groups in total. The van der Waals surface area contributed by atoms with Gasteiger partial charge in [-0.15, -0.1) is 0 Å². The van der Waals surface area contributed by atoms with E-state index in [9.17, 15) is 4.79 Å². The molecule has 0 atom stereocenters. The van der Waals surface area contributed by atoms with E-state index >= 15 is 0 Å². The van der Waals surface area contributed by atoms with Crippen molar-refractivity contribution in [2.45, 2.75) is 50.2 Å². The van der Waals surface area contributed by atoms with Crippen molar-refractivity contribution in [2.75, 3.05) is 13.7 Å². The molecular weight excluding hydrogens is 180 g/mol. The highest BCUT2D eigenvalue weighted by molar-refractivity contribution is 5.80. The molecule has 1 spiro atoms. The van der Waals surface area contributed by atoms with Gasteiger partial charge in [-0.3, -0.25) is 4.79 Å². The third-order valence-electron chi connectivity index (χ3n) is 3.49.